The van der Waals surface area contributed by atoms with E-state index in [9.17, 15) is 33.6 Å². The van der Waals surface area contributed by atoms with Gasteiger partial charge >= 0.3 is 35.8 Å². The summed E-state index contributed by atoms with van der Waals surface area (Å²) in [4.78, 5) is 88.3. The summed E-state index contributed by atoms with van der Waals surface area (Å²) in [6.07, 6.45) is 0.943. The molecule has 71 heavy (non-hydrogen) atoms. The van der Waals surface area contributed by atoms with Gasteiger partial charge in [-0.15, -0.1) is 0 Å². The van der Waals surface area contributed by atoms with Crippen LogP contribution in [0.25, 0.3) is 0 Å². The Morgan fingerprint density at radius 2 is 1.21 bits per heavy atom. The third-order valence-electron chi connectivity index (χ3n) is 16.6. The highest BCUT2D eigenvalue weighted by Crippen LogP contribution is 2.67. The Morgan fingerprint density at radius 3 is 1.80 bits per heavy atom. The normalized spacial score (nSPS) is 37.9. The van der Waals surface area contributed by atoms with Gasteiger partial charge in [-0.2, -0.15) is 0 Å². The first-order chi connectivity index (χ1) is 33.4. The molecule has 0 aromatic heterocycles. The second-order valence-corrected chi connectivity index (χ2v) is 22.1. The summed E-state index contributed by atoms with van der Waals surface area (Å²) < 4.78 is 59.9. The van der Waals surface area contributed by atoms with Crippen LogP contribution in [0.1, 0.15) is 154 Å². The van der Waals surface area contributed by atoms with E-state index in [0.717, 1.165) is 58.3 Å². The number of allylic oxidation sites excluding steroid dienone is 1. The van der Waals surface area contributed by atoms with Crippen molar-refractivity contribution in [2.75, 3.05) is 13.2 Å². The molecule has 5 fully saturated rings. The molecule has 0 spiro atoms. The van der Waals surface area contributed by atoms with Gasteiger partial charge < -0.3 is 52.7 Å². The number of fused-ring (bicyclic) bond motifs is 5. The zero-order valence-electron chi connectivity index (χ0n) is 44.0. The maximum Gasteiger partial charge on any atom is 0.303 e. The SMILES string of the molecule is CC(=O)N[C@H]1[C@H](O[C@H]2CC[C@@]3(C)C(=CC[C@H]4[C@@H]5CC[C@H]([C@H](C)CCCC(C)C)[C@@]5(C)CC[C@@H]43)C2)O[C@H](COC(C)=O)[C@@H](O[C@@H]2O[C@H](COC(C)=O)[C@H](OC(C)=O)[C@H](OC(C)=O)[C@H]2OC(C)=O)[C@@H]1OC(C)=O. The van der Waals surface area contributed by atoms with Crippen LogP contribution in [-0.2, 0) is 80.9 Å². The molecule has 0 radical (unpaired) electrons. The van der Waals surface area contributed by atoms with Gasteiger partial charge in [-0.25, -0.2) is 0 Å². The predicted octanol–water partition coefficient (Wildman–Crippen LogP) is 6.61. The van der Waals surface area contributed by atoms with Crippen molar-refractivity contribution in [3.05, 3.63) is 11.6 Å². The van der Waals surface area contributed by atoms with Crippen LogP contribution >= 0.6 is 0 Å². The molecular formula is C53H81NO17. The number of amides is 1. The zero-order chi connectivity index (χ0) is 52.1. The lowest BCUT2D eigenvalue weighted by Gasteiger charge is -2.58. The summed E-state index contributed by atoms with van der Waals surface area (Å²) in [5.41, 5.74) is 1.71. The average Bonchev–Trinajstić information content (AvgIpc) is 3.62. The van der Waals surface area contributed by atoms with Gasteiger partial charge in [0, 0.05) is 48.5 Å². The number of ether oxygens (including phenoxy) is 10. The van der Waals surface area contributed by atoms with E-state index in [1.165, 1.54) is 71.3 Å². The molecule has 6 aliphatic rings. The van der Waals surface area contributed by atoms with Crippen LogP contribution < -0.4 is 5.32 Å². The van der Waals surface area contributed by atoms with Gasteiger partial charge in [-0.1, -0.05) is 65.5 Å². The van der Waals surface area contributed by atoms with E-state index in [2.05, 4.69) is 46.0 Å². The maximum absolute atomic E-state index is 13.1. The first-order valence-corrected chi connectivity index (χ1v) is 26.0. The Morgan fingerprint density at radius 1 is 0.634 bits per heavy atom. The molecule has 6 rings (SSSR count). The minimum absolute atomic E-state index is 0.00314. The van der Waals surface area contributed by atoms with Crippen molar-refractivity contribution in [1.82, 2.24) is 5.32 Å². The van der Waals surface area contributed by atoms with Gasteiger partial charge in [-0.05, 0) is 97.7 Å². The summed E-state index contributed by atoms with van der Waals surface area (Å²) in [6, 6.07) is -1.22. The van der Waals surface area contributed by atoms with Gasteiger partial charge in [0.25, 0.3) is 0 Å². The topological polar surface area (TPSA) is 224 Å². The largest absolute Gasteiger partial charge is 0.463 e. The van der Waals surface area contributed by atoms with E-state index >= 15 is 0 Å². The standard InChI is InChI=1S/C53H81NO17/c1-27(2)14-13-15-28(3)39-18-19-40-38-17-16-36-24-37(20-22-52(36,11)41(38)21-23-53(39,40)12)68-50-44(54-29(4)55)47(65-33(8)59)45(42(69-50)25-62-30(5)56)71-51-49(67-35(10)61)48(66-34(9)60)46(64-32(7)58)43(70-51)26-63-31(6)57/h16,27-28,37-51H,13-15,17-26H2,1-12H3,(H,54,55)/t28-,37+,38+,39-,40+,41+,42-,43-,44-,45-,46+,47-,48+,49-,50-,51+,52+,53-/m1/s1. The Balaban J connectivity index is 1.28. The lowest BCUT2D eigenvalue weighted by molar-refractivity contribution is -0.353. The summed E-state index contributed by atoms with van der Waals surface area (Å²) in [6.45, 7) is 19.2. The molecule has 2 saturated heterocycles. The van der Waals surface area contributed by atoms with Crippen molar-refractivity contribution >= 4 is 41.7 Å². The zero-order valence-corrected chi connectivity index (χ0v) is 44.0. The summed E-state index contributed by atoms with van der Waals surface area (Å²) in [7, 11) is 0. The number of hydrogen-bond acceptors (Lipinski definition) is 17. The van der Waals surface area contributed by atoms with Crippen molar-refractivity contribution in [2.45, 2.75) is 221 Å². The van der Waals surface area contributed by atoms with Crippen LogP contribution in [0.4, 0.5) is 0 Å². The van der Waals surface area contributed by atoms with Crippen LogP contribution in [0.15, 0.2) is 11.6 Å². The van der Waals surface area contributed by atoms with E-state index in [1.54, 1.807) is 0 Å². The Bertz CT molecular complexity index is 1970. The van der Waals surface area contributed by atoms with E-state index in [4.69, 9.17) is 47.4 Å². The molecule has 18 heteroatoms. The molecule has 2 heterocycles. The molecule has 3 saturated carbocycles. The van der Waals surface area contributed by atoms with E-state index in [-0.39, 0.29) is 11.5 Å². The van der Waals surface area contributed by atoms with E-state index < -0.39 is 116 Å². The summed E-state index contributed by atoms with van der Waals surface area (Å²) >= 11 is 0. The van der Waals surface area contributed by atoms with Crippen molar-refractivity contribution in [1.29, 1.82) is 0 Å². The van der Waals surface area contributed by atoms with Gasteiger partial charge in [0.2, 0.25) is 5.91 Å². The number of hydrogen-bond donors (Lipinski definition) is 1. The molecule has 4 aliphatic carbocycles. The van der Waals surface area contributed by atoms with Gasteiger partial charge in [-0.3, -0.25) is 33.6 Å². The highest BCUT2D eigenvalue weighted by molar-refractivity contribution is 5.73. The number of rotatable bonds is 18. The fourth-order valence-corrected chi connectivity index (χ4v) is 13.6. The van der Waals surface area contributed by atoms with Gasteiger partial charge in [0.15, 0.2) is 37.0 Å². The molecule has 18 atom stereocenters. The smallest absolute Gasteiger partial charge is 0.303 e. The van der Waals surface area contributed by atoms with Crippen molar-refractivity contribution < 1.29 is 80.9 Å². The third kappa shape index (κ3) is 13.4. The molecule has 0 aromatic carbocycles. The Labute approximate surface area is 419 Å². The molecule has 0 unspecified atom stereocenters. The van der Waals surface area contributed by atoms with Crippen LogP contribution in [0.2, 0.25) is 0 Å². The molecule has 1 N–H and O–H groups in total. The van der Waals surface area contributed by atoms with Crippen LogP contribution in [0, 0.1) is 46.3 Å². The van der Waals surface area contributed by atoms with Crippen molar-refractivity contribution in [3.63, 3.8) is 0 Å². The lowest BCUT2D eigenvalue weighted by atomic mass is 9.47. The minimum atomic E-state index is -1.75. The average molecular weight is 1000 g/mol. The summed E-state index contributed by atoms with van der Waals surface area (Å²) in [5.74, 6) is -1.15. The number of esters is 6. The molecular weight excluding hydrogens is 923 g/mol. The molecule has 0 bridgehead atoms. The fraction of sp³-hybridized carbons (Fsp3) is 0.830. The lowest BCUT2D eigenvalue weighted by Crippen LogP contribution is -2.69. The highest BCUT2D eigenvalue weighted by Gasteiger charge is 2.61. The van der Waals surface area contributed by atoms with Crippen LogP contribution in [0.5, 0.6) is 0 Å². The van der Waals surface area contributed by atoms with Crippen LogP contribution in [-0.4, -0.2) is 122 Å². The monoisotopic (exact) mass is 1000 g/mol. The second kappa shape index (κ2) is 23.8. The molecule has 2 aliphatic heterocycles. The minimum Gasteiger partial charge on any atom is -0.463 e. The fourth-order valence-electron chi connectivity index (χ4n) is 13.6. The van der Waals surface area contributed by atoms with E-state index in [0.29, 0.717) is 36.0 Å². The Hall–Kier alpha value is -4.13. The molecule has 400 valence electrons. The van der Waals surface area contributed by atoms with Gasteiger partial charge in [0.05, 0.1) is 6.10 Å². The van der Waals surface area contributed by atoms with Crippen molar-refractivity contribution in [2.24, 2.45) is 46.3 Å². The highest BCUT2D eigenvalue weighted by atomic mass is 16.8. The first-order valence-electron chi connectivity index (χ1n) is 26.0. The van der Waals surface area contributed by atoms with Crippen LogP contribution in [0.3, 0.4) is 0 Å². The predicted molar refractivity (Wildman–Crippen MR) is 253 cm³/mol. The van der Waals surface area contributed by atoms with Crippen molar-refractivity contribution in [3.8, 4) is 0 Å². The van der Waals surface area contributed by atoms with Gasteiger partial charge in [0.1, 0.15) is 37.6 Å². The molecule has 18 nitrogen and oxygen atoms in total. The maximum atomic E-state index is 13.1. The van der Waals surface area contributed by atoms with E-state index in [1.807, 2.05) is 0 Å². The molecule has 1 amide bonds. The number of nitrogens with one attached hydrogen (secondary N) is 1. The molecule has 0 aromatic rings. The quantitative estimate of drug-likeness (QED) is 0.0867. The first kappa shape index (κ1) is 56.2. The number of carbonyl (C=O) groups is 7. The Kier molecular flexibility index (Phi) is 18.8. The third-order valence-corrected chi connectivity index (χ3v) is 16.6. The second-order valence-electron chi connectivity index (χ2n) is 22.1. The number of carbonyl (C=O) groups excluding carboxylic acids is 7. The summed E-state index contributed by atoms with van der Waals surface area (Å²) in [5, 5.41) is 2.85.